The first-order valence-electron chi connectivity index (χ1n) is 9.60. The number of amides is 1. The van der Waals surface area contributed by atoms with Crippen molar-refractivity contribution in [2.24, 2.45) is 0 Å². The zero-order valence-electron chi connectivity index (χ0n) is 16.4. The van der Waals surface area contributed by atoms with Gasteiger partial charge in [-0.1, -0.05) is 6.07 Å². The highest BCUT2D eigenvalue weighted by Gasteiger charge is 2.20. The first-order chi connectivity index (χ1) is 14.0. The van der Waals surface area contributed by atoms with Crippen LogP contribution in [0.3, 0.4) is 0 Å². The molecule has 0 aromatic heterocycles. The third-order valence-corrected chi connectivity index (χ3v) is 4.91. The average molecular weight is 417 g/mol. The number of carbonyl (C=O) groups is 1. The maximum absolute atomic E-state index is 13.2. The molecule has 1 aliphatic heterocycles. The minimum atomic E-state index is -0.370. The largest absolute Gasteiger partial charge is 0.494 e. The fraction of sp³-hybridized carbons (Fsp3) is 0.333. The van der Waals surface area contributed by atoms with E-state index < -0.39 is 0 Å². The van der Waals surface area contributed by atoms with E-state index in [2.05, 4.69) is 20.4 Å². The van der Waals surface area contributed by atoms with Gasteiger partial charge in [0.1, 0.15) is 11.6 Å². The van der Waals surface area contributed by atoms with Gasteiger partial charge in [-0.2, -0.15) is 0 Å². The highest BCUT2D eigenvalue weighted by Crippen LogP contribution is 2.16. The Balaban J connectivity index is 1.42. The summed E-state index contributed by atoms with van der Waals surface area (Å²) in [5.74, 6) is 0.304. The van der Waals surface area contributed by atoms with Gasteiger partial charge in [-0.05, 0) is 61.6 Å². The second-order valence-electron chi connectivity index (χ2n) is 6.71. The number of benzene rings is 2. The minimum absolute atomic E-state index is 0.154. The molecule has 154 valence electrons. The van der Waals surface area contributed by atoms with Crippen LogP contribution in [0.5, 0.6) is 5.75 Å². The van der Waals surface area contributed by atoms with Gasteiger partial charge >= 0.3 is 0 Å². The van der Waals surface area contributed by atoms with Crippen LogP contribution in [0.25, 0.3) is 0 Å². The van der Waals surface area contributed by atoms with Gasteiger partial charge in [0.2, 0.25) is 5.91 Å². The molecule has 8 heteroatoms. The third kappa shape index (κ3) is 6.40. The number of piperazine rings is 1. The Morgan fingerprint density at radius 1 is 1.07 bits per heavy atom. The summed E-state index contributed by atoms with van der Waals surface area (Å²) >= 11 is 5.52. The van der Waals surface area contributed by atoms with E-state index in [1.165, 1.54) is 12.1 Å². The second-order valence-corrected chi connectivity index (χ2v) is 7.10. The number of nitrogens with one attached hydrogen (secondary N) is 2. The van der Waals surface area contributed by atoms with Crippen LogP contribution in [0.2, 0.25) is 0 Å². The molecule has 1 saturated heterocycles. The smallest absolute Gasteiger partial charge is 0.238 e. The van der Waals surface area contributed by atoms with E-state index in [0.717, 1.165) is 37.6 Å². The highest BCUT2D eigenvalue weighted by molar-refractivity contribution is 7.80. The molecule has 2 aromatic carbocycles. The summed E-state index contributed by atoms with van der Waals surface area (Å²) in [5, 5.41) is 6.64. The minimum Gasteiger partial charge on any atom is -0.494 e. The molecule has 6 nitrogen and oxygen atoms in total. The number of ether oxygens (including phenoxy) is 1. The summed E-state index contributed by atoms with van der Waals surface area (Å²) in [6.07, 6.45) is 0. The predicted octanol–water partition coefficient (Wildman–Crippen LogP) is 3.18. The number of rotatable bonds is 6. The number of hydrogen-bond donors (Lipinski definition) is 2. The summed E-state index contributed by atoms with van der Waals surface area (Å²) in [7, 11) is 0. The summed E-state index contributed by atoms with van der Waals surface area (Å²) in [6, 6.07) is 13.6. The first kappa shape index (κ1) is 21.0. The van der Waals surface area contributed by atoms with Crippen molar-refractivity contribution in [3.63, 3.8) is 0 Å². The lowest BCUT2D eigenvalue weighted by Crippen LogP contribution is -2.51. The normalized spacial score (nSPS) is 14.3. The molecule has 0 bridgehead atoms. The van der Waals surface area contributed by atoms with E-state index in [-0.39, 0.29) is 18.3 Å². The standard InChI is InChI=1S/C21H25FN4O2S/c1-2-28-19-8-6-17(7-9-19)24-21(29)26-12-10-25(11-13-26)15-20(27)23-18-5-3-4-16(22)14-18/h3-9,14H,2,10-13,15H2,1H3,(H,23,27)(H,24,29). The van der Waals surface area contributed by atoms with Crippen molar-refractivity contribution in [1.82, 2.24) is 9.80 Å². The summed E-state index contributed by atoms with van der Waals surface area (Å²) in [6.45, 7) is 5.76. The maximum Gasteiger partial charge on any atom is 0.238 e. The fourth-order valence-corrected chi connectivity index (χ4v) is 3.38. The Hall–Kier alpha value is -2.71. The van der Waals surface area contributed by atoms with Crippen molar-refractivity contribution in [2.45, 2.75) is 6.92 Å². The van der Waals surface area contributed by atoms with E-state index in [4.69, 9.17) is 17.0 Å². The number of nitrogens with zero attached hydrogens (tertiary/aromatic N) is 2. The Morgan fingerprint density at radius 2 is 1.79 bits per heavy atom. The number of anilines is 2. The van der Waals surface area contributed by atoms with Gasteiger partial charge in [-0.3, -0.25) is 9.69 Å². The number of hydrogen-bond acceptors (Lipinski definition) is 4. The molecule has 0 atom stereocenters. The predicted molar refractivity (Wildman–Crippen MR) is 117 cm³/mol. The Morgan fingerprint density at radius 3 is 2.45 bits per heavy atom. The first-order valence-corrected chi connectivity index (χ1v) is 10.0. The van der Waals surface area contributed by atoms with Crippen molar-refractivity contribution in [3.8, 4) is 5.75 Å². The van der Waals surface area contributed by atoms with Gasteiger partial charge in [0.15, 0.2) is 5.11 Å². The molecule has 0 aliphatic carbocycles. The zero-order valence-corrected chi connectivity index (χ0v) is 17.2. The molecule has 0 spiro atoms. The second kappa shape index (κ2) is 10.2. The van der Waals surface area contributed by atoms with Crippen LogP contribution < -0.4 is 15.4 Å². The van der Waals surface area contributed by atoms with Crippen LogP contribution in [0, 0.1) is 5.82 Å². The van der Waals surface area contributed by atoms with Gasteiger partial charge < -0.3 is 20.3 Å². The topological polar surface area (TPSA) is 56.8 Å². The fourth-order valence-electron chi connectivity index (χ4n) is 3.08. The molecule has 0 unspecified atom stereocenters. The van der Waals surface area contributed by atoms with Gasteiger partial charge in [-0.15, -0.1) is 0 Å². The van der Waals surface area contributed by atoms with E-state index in [1.807, 2.05) is 31.2 Å². The molecular weight excluding hydrogens is 391 g/mol. The summed E-state index contributed by atoms with van der Waals surface area (Å²) < 4.78 is 18.7. The zero-order chi connectivity index (χ0) is 20.6. The lowest BCUT2D eigenvalue weighted by molar-refractivity contribution is -0.117. The van der Waals surface area contributed by atoms with Crippen LogP contribution in [-0.4, -0.2) is 60.2 Å². The van der Waals surface area contributed by atoms with Crippen molar-refractivity contribution in [3.05, 3.63) is 54.3 Å². The summed E-state index contributed by atoms with van der Waals surface area (Å²) in [4.78, 5) is 16.3. The molecule has 0 radical (unpaired) electrons. The Bertz CT molecular complexity index is 839. The van der Waals surface area contributed by atoms with E-state index >= 15 is 0 Å². The number of carbonyl (C=O) groups excluding carboxylic acids is 1. The SMILES string of the molecule is CCOc1ccc(NC(=S)N2CCN(CC(=O)Nc3cccc(F)c3)CC2)cc1. The van der Waals surface area contributed by atoms with Crippen molar-refractivity contribution >= 4 is 34.6 Å². The monoisotopic (exact) mass is 416 g/mol. The molecule has 29 heavy (non-hydrogen) atoms. The van der Waals surface area contributed by atoms with E-state index in [0.29, 0.717) is 17.4 Å². The quantitative estimate of drug-likeness (QED) is 0.706. The Labute approximate surface area is 175 Å². The molecule has 3 rings (SSSR count). The van der Waals surface area contributed by atoms with Crippen molar-refractivity contribution in [1.29, 1.82) is 0 Å². The molecule has 0 saturated carbocycles. The highest BCUT2D eigenvalue weighted by atomic mass is 32.1. The van der Waals surface area contributed by atoms with Crippen LogP contribution in [-0.2, 0) is 4.79 Å². The molecule has 1 aliphatic rings. The number of halogens is 1. The molecule has 1 amide bonds. The van der Waals surface area contributed by atoms with E-state index in [1.54, 1.807) is 12.1 Å². The average Bonchev–Trinajstić information content (AvgIpc) is 2.70. The van der Waals surface area contributed by atoms with Crippen LogP contribution in [0.15, 0.2) is 48.5 Å². The van der Waals surface area contributed by atoms with Gasteiger partial charge in [-0.25, -0.2) is 4.39 Å². The van der Waals surface area contributed by atoms with Gasteiger partial charge in [0.25, 0.3) is 0 Å². The third-order valence-electron chi connectivity index (χ3n) is 4.55. The van der Waals surface area contributed by atoms with Crippen molar-refractivity contribution < 1.29 is 13.9 Å². The molecule has 2 N–H and O–H groups in total. The lowest BCUT2D eigenvalue weighted by atomic mass is 10.3. The van der Waals surface area contributed by atoms with Crippen LogP contribution in [0.4, 0.5) is 15.8 Å². The molecule has 2 aromatic rings. The summed E-state index contributed by atoms with van der Waals surface area (Å²) in [5.41, 5.74) is 1.38. The molecular formula is C21H25FN4O2S. The van der Waals surface area contributed by atoms with Gasteiger partial charge in [0.05, 0.1) is 13.2 Å². The van der Waals surface area contributed by atoms with Crippen LogP contribution in [0.1, 0.15) is 6.92 Å². The maximum atomic E-state index is 13.2. The Kier molecular flexibility index (Phi) is 7.37. The lowest BCUT2D eigenvalue weighted by Gasteiger charge is -2.35. The van der Waals surface area contributed by atoms with E-state index in [9.17, 15) is 9.18 Å². The molecule has 1 fully saturated rings. The molecule has 1 heterocycles. The number of thiocarbonyl (C=S) groups is 1. The van der Waals surface area contributed by atoms with Crippen molar-refractivity contribution in [2.75, 3.05) is 50.0 Å². The van der Waals surface area contributed by atoms with Crippen LogP contribution >= 0.6 is 12.2 Å². The van der Waals surface area contributed by atoms with Gasteiger partial charge in [0, 0.05) is 37.6 Å².